The Morgan fingerprint density at radius 1 is 1.11 bits per heavy atom. The van der Waals surface area contributed by atoms with Crippen molar-refractivity contribution in [2.75, 3.05) is 50.6 Å². The van der Waals surface area contributed by atoms with Crippen LogP contribution in [0.2, 0.25) is 0 Å². The van der Waals surface area contributed by atoms with E-state index in [2.05, 4.69) is 20.2 Å². The smallest absolute Gasteiger partial charge is 0.475 e. The number of carboxylic acid groups (broad SMARTS) is 2. The van der Waals surface area contributed by atoms with Crippen LogP contribution in [0.5, 0.6) is 0 Å². The van der Waals surface area contributed by atoms with Gasteiger partial charge in [-0.15, -0.1) is 0 Å². The van der Waals surface area contributed by atoms with Gasteiger partial charge in [0.05, 0.1) is 5.60 Å². The van der Waals surface area contributed by atoms with Crippen molar-refractivity contribution < 1.29 is 50.9 Å². The predicted octanol–water partition coefficient (Wildman–Crippen LogP) is 3.25. The first-order valence-electron chi connectivity index (χ1n) is 11.7. The zero-order valence-electron chi connectivity index (χ0n) is 20.8. The van der Waals surface area contributed by atoms with E-state index in [9.17, 15) is 26.3 Å². The van der Waals surface area contributed by atoms with E-state index in [4.69, 9.17) is 24.5 Å². The highest BCUT2D eigenvalue weighted by atomic mass is 19.4. The molecule has 3 heterocycles. The van der Waals surface area contributed by atoms with Gasteiger partial charge in [-0.05, 0) is 38.0 Å². The molecule has 0 radical (unpaired) electrons. The van der Waals surface area contributed by atoms with Crippen molar-refractivity contribution in [2.24, 2.45) is 5.92 Å². The molecule has 16 heteroatoms. The molecule has 38 heavy (non-hydrogen) atoms. The minimum absolute atomic E-state index is 0.0578. The van der Waals surface area contributed by atoms with E-state index >= 15 is 0 Å². The number of ether oxygens (including phenoxy) is 1. The van der Waals surface area contributed by atoms with Gasteiger partial charge >= 0.3 is 24.3 Å². The number of nitrogens with zero attached hydrogens (tertiary/aromatic N) is 4. The molecule has 4 rings (SSSR count). The molecular formula is C22H31F6N5O5. The van der Waals surface area contributed by atoms with Crippen LogP contribution >= 0.6 is 0 Å². The summed E-state index contributed by atoms with van der Waals surface area (Å²) in [7, 11) is 4.01. The lowest BCUT2D eigenvalue weighted by atomic mass is 9.89. The lowest BCUT2D eigenvalue weighted by Gasteiger charge is -2.38. The maximum Gasteiger partial charge on any atom is 0.490 e. The van der Waals surface area contributed by atoms with Gasteiger partial charge in [0.15, 0.2) is 0 Å². The lowest BCUT2D eigenvalue weighted by Crippen LogP contribution is -2.46. The lowest BCUT2D eigenvalue weighted by molar-refractivity contribution is -0.193. The van der Waals surface area contributed by atoms with E-state index in [0.29, 0.717) is 6.04 Å². The van der Waals surface area contributed by atoms with Crippen molar-refractivity contribution in [2.45, 2.75) is 56.1 Å². The number of likely N-dealkylation sites (tertiary alicyclic amines) is 1. The number of carboxylic acids is 2. The van der Waals surface area contributed by atoms with E-state index in [0.717, 1.165) is 43.5 Å². The Balaban J connectivity index is 0.000000301. The number of anilines is 2. The Hall–Kier alpha value is -2.88. The molecule has 0 unspecified atom stereocenters. The molecule has 10 nitrogen and oxygen atoms in total. The molecule has 3 aliphatic rings. The Morgan fingerprint density at radius 2 is 1.68 bits per heavy atom. The van der Waals surface area contributed by atoms with Crippen LogP contribution in [0.4, 0.5) is 38.0 Å². The van der Waals surface area contributed by atoms with Crippen molar-refractivity contribution in [3.8, 4) is 0 Å². The van der Waals surface area contributed by atoms with Crippen LogP contribution in [-0.2, 0) is 14.3 Å². The van der Waals surface area contributed by atoms with Gasteiger partial charge in [0.1, 0.15) is 18.0 Å². The molecule has 2 aliphatic heterocycles. The number of alkyl halides is 6. The Bertz CT molecular complexity index is 920. The van der Waals surface area contributed by atoms with Crippen molar-refractivity contribution in [1.29, 1.82) is 0 Å². The molecule has 1 saturated carbocycles. The van der Waals surface area contributed by atoms with Gasteiger partial charge in [-0.1, -0.05) is 0 Å². The summed E-state index contributed by atoms with van der Waals surface area (Å²) in [5.74, 6) is -2.70. The van der Waals surface area contributed by atoms with Crippen molar-refractivity contribution in [3.05, 3.63) is 12.4 Å². The number of aromatic nitrogens is 2. The molecule has 1 aromatic rings. The maximum absolute atomic E-state index is 10.6. The highest BCUT2D eigenvalue weighted by Gasteiger charge is 2.44. The monoisotopic (exact) mass is 559 g/mol. The van der Waals surface area contributed by atoms with Crippen LogP contribution in [-0.4, -0.2) is 101 Å². The highest BCUT2D eigenvalue weighted by molar-refractivity contribution is 5.73. The van der Waals surface area contributed by atoms with E-state index < -0.39 is 24.3 Å². The predicted molar refractivity (Wildman–Crippen MR) is 123 cm³/mol. The average Bonchev–Trinajstić information content (AvgIpc) is 3.54. The van der Waals surface area contributed by atoms with Gasteiger partial charge in [0.25, 0.3) is 0 Å². The fourth-order valence-electron chi connectivity index (χ4n) is 4.06. The third kappa shape index (κ3) is 10.5. The van der Waals surface area contributed by atoms with Crippen LogP contribution in [0.15, 0.2) is 12.4 Å². The van der Waals surface area contributed by atoms with Gasteiger partial charge in [-0.25, -0.2) is 19.6 Å². The topological polar surface area (TPSA) is 128 Å². The quantitative estimate of drug-likeness (QED) is 0.463. The van der Waals surface area contributed by atoms with Crippen LogP contribution in [0.1, 0.15) is 32.1 Å². The van der Waals surface area contributed by atoms with E-state index in [-0.39, 0.29) is 5.60 Å². The minimum Gasteiger partial charge on any atom is -0.475 e. The Kier molecular flexibility index (Phi) is 10.5. The second kappa shape index (κ2) is 12.8. The molecule has 1 aromatic heterocycles. The number of hydrogen-bond acceptors (Lipinski definition) is 8. The summed E-state index contributed by atoms with van der Waals surface area (Å²) in [6, 6.07) is 2.46. The number of aliphatic carboxylic acids is 2. The third-order valence-electron chi connectivity index (χ3n) is 6.05. The maximum atomic E-state index is 10.6. The molecule has 0 amide bonds. The number of carbonyl (C=O) groups is 2. The fourth-order valence-corrected chi connectivity index (χ4v) is 4.06. The summed E-state index contributed by atoms with van der Waals surface area (Å²) in [6.07, 6.45) is -2.38. The summed E-state index contributed by atoms with van der Waals surface area (Å²) in [5, 5.41) is 17.9. The molecule has 216 valence electrons. The zero-order chi connectivity index (χ0) is 28.7. The van der Waals surface area contributed by atoms with Crippen LogP contribution in [0.25, 0.3) is 0 Å². The third-order valence-corrected chi connectivity index (χ3v) is 6.05. The van der Waals surface area contributed by atoms with Crippen molar-refractivity contribution in [1.82, 2.24) is 14.9 Å². The first-order chi connectivity index (χ1) is 17.5. The highest BCUT2D eigenvalue weighted by Crippen LogP contribution is 2.38. The number of hydrogen-bond donors (Lipinski definition) is 3. The Morgan fingerprint density at radius 3 is 2.18 bits per heavy atom. The molecular weight excluding hydrogens is 528 g/mol. The van der Waals surface area contributed by atoms with Crippen LogP contribution in [0, 0.1) is 5.92 Å². The average molecular weight is 560 g/mol. The normalized spacial score (nSPS) is 23.5. The van der Waals surface area contributed by atoms with Crippen LogP contribution < -0.4 is 10.2 Å². The van der Waals surface area contributed by atoms with Gasteiger partial charge in [0.2, 0.25) is 0 Å². The first kappa shape index (κ1) is 31.3. The molecule has 0 bridgehead atoms. The SMILES string of the molecule is CN(C)c1cc(N[C@H]2CCO[C@]3(CCN(CC4CC4)C3)C2)ncn1.O=C(O)C(F)(F)F.O=C(O)C(F)(F)F. The van der Waals surface area contributed by atoms with E-state index in [1.165, 1.54) is 32.4 Å². The number of halogens is 6. The molecule has 0 aromatic carbocycles. The van der Waals surface area contributed by atoms with Crippen molar-refractivity contribution in [3.63, 3.8) is 0 Å². The van der Waals surface area contributed by atoms with Gasteiger partial charge < -0.3 is 30.1 Å². The molecule has 3 N–H and O–H groups in total. The zero-order valence-corrected chi connectivity index (χ0v) is 20.8. The Labute approximate surface area is 215 Å². The molecule has 1 aliphatic carbocycles. The van der Waals surface area contributed by atoms with Gasteiger partial charge in [0, 0.05) is 52.4 Å². The van der Waals surface area contributed by atoms with E-state index in [1.807, 2.05) is 25.1 Å². The summed E-state index contributed by atoms with van der Waals surface area (Å²) in [6.45, 7) is 4.43. The van der Waals surface area contributed by atoms with Crippen LogP contribution in [0.3, 0.4) is 0 Å². The van der Waals surface area contributed by atoms with Gasteiger partial charge in [-0.2, -0.15) is 26.3 Å². The van der Waals surface area contributed by atoms with E-state index in [1.54, 1.807) is 6.33 Å². The largest absolute Gasteiger partial charge is 0.490 e. The molecule has 1 spiro atoms. The number of rotatable bonds is 5. The fraction of sp³-hybridized carbons (Fsp3) is 0.727. The van der Waals surface area contributed by atoms with Crippen molar-refractivity contribution >= 4 is 23.6 Å². The summed E-state index contributed by atoms with van der Waals surface area (Å²) in [4.78, 5) is 31.1. The molecule has 2 saturated heterocycles. The second-order valence-corrected chi connectivity index (χ2v) is 9.56. The summed E-state index contributed by atoms with van der Waals surface area (Å²) < 4.78 is 69.7. The molecule has 2 atom stereocenters. The summed E-state index contributed by atoms with van der Waals surface area (Å²) in [5.41, 5.74) is 0.0578. The second-order valence-electron chi connectivity index (χ2n) is 9.56. The summed E-state index contributed by atoms with van der Waals surface area (Å²) >= 11 is 0. The minimum atomic E-state index is -5.08. The standard InChI is InChI=1S/C18H29N5O.2C2HF3O2/c1-22(2)17-9-16(19-13-20-17)21-15-5-8-24-18(10-15)6-7-23(12-18)11-14-3-4-14;2*3-2(4,5)1(6)7/h9,13-15H,3-8,10-12H2,1-2H3,(H,19,20,21);2*(H,6,7)/t15-,18+;;/m0../s1. The molecule has 3 fully saturated rings. The number of nitrogens with one attached hydrogen (secondary N) is 1. The first-order valence-corrected chi connectivity index (χ1v) is 11.7. The van der Waals surface area contributed by atoms with Gasteiger partial charge in [-0.3, -0.25) is 0 Å².